The van der Waals surface area contributed by atoms with Gasteiger partial charge >= 0.3 is 0 Å². The molecule has 1 heteroatoms. The van der Waals surface area contributed by atoms with Crippen LogP contribution in [-0.4, -0.2) is 0 Å². The van der Waals surface area contributed by atoms with Gasteiger partial charge in [0.2, 0.25) is 5.70 Å². The molecule has 0 unspecified atom stereocenters. The normalized spacial score (nSPS) is 13.9. The lowest BCUT2D eigenvalue weighted by Crippen LogP contribution is -1.51. The van der Waals surface area contributed by atoms with E-state index in [1.165, 1.54) is 0 Å². The molecule has 0 aromatic heterocycles. The lowest BCUT2D eigenvalue weighted by molar-refractivity contribution is 1.79. The van der Waals surface area contributed by atoms with E-state index in [4.69, 9.17) is 6.57 Å². The summed E-state index contributed by atoms with van der Waals surface area (Å²) in [4.78, 5) is 3.12. The average Bonchev–Trinajstić information content (AvgIpc) is 2.14. The molecule has 0 aromatic carbocycles. The summed E-state index contributed by atoms with van der Waals surface area (Å²) in [6, 6.07) is 0. The molecule has 0 atom stereocenters. The molecule has 1 nitrogen and oxygen atoms in total. The van der Waals surface area contributed by atoms with Gasteiger partial charge in [-0.3, -0.25) is 0 Å². The molecule has 0 aliphatic heterocycles. The molecule has 0 spiro atoms. The third-order valence-electron chi connectivity index (χ3n) is 0.702. The molecule has 0 saturated heterocycles. The Morgan fingerprint density at radius 3 is 2.86 bits per heavy atom. The summed E-state index contributed by atoms with van der Waals surface area (Å²) >= 11 is 0. The Labute approximate surface area is 42.1 Å². The van der Waals surface area contributed by atoms with Crippen molar-refractivity contribution in [1.29, 1.82) is 0 Å². The van der Waals surface area contributed by atoms with Gasteiger partial charge in [0.05, 0.1) is 6.57 Å². The smallest absolute Gasteiger partial charge is 0.228 e. The second kappa shape index (κ2) is 1.47. The van der Waals surface area contributed by atoms with Crippen LogP contribution in [0.3, 0.4) is 0 Å². The van der Waals surface area contributed by atoms with Crippen molar-refractivity contribution in [2.75, 3.05) is 0 Å². The minimum atomic E-state index is 0.597. The second-order valence-electron chi connectivity index (χ2n) is 1.17. The topological polar surface area (TPSA) is 4.36 Å². The first kappa shape index (κ1) is 3.92. The van der Waals surface area contributed by atoms with Gasteiger partial charge in [-0.2, -0.15) is 0 Å². The molecule has 0 amide bonds. The predicted molar refractivity (Wildman–Crippen MR) is 27.3 cm³/mol. The molecule has 1 aliphatic carbocycles. The van der Waals surface area contributed by atoms with Crippen molar-refractivity contribution >= 4 is 0 Å². The highest BCUT2D eigenvalue weighted by Crippen LogP contribution is 2.00. The van der Waals surface area contributed by atoms with Gasteiger partial charge < -0.3 is 0 Å². The maximum Gasteiger partial charge on any atom is 0.228 e. The largest absolute Gasteiger partial charge is 0.229 e. The van der Waals surface area contributed by atoms with E-state index in [-0.39, 0.29) is 0 Å². The van der Waals surface area contributed by atoms with Gasteiger partial charge in [0, 0.05) is 0 Å². The van der Waals surface area contributed by atoms with E-state index in [1.54, 1.807) is 18.2 Å². The molecule has 0 radical (unpaired) electrons. The van der Waals surface area contributed by atoms with E-state index < -0.39 is 0 Å². The minimum Gasteiger partial charge on any atom is -0.229 e. The van der Waals surface area contributed by atoms with Gasteiger partial charge in [-0.15, -0.1) is 5.73 Å². The molecule has 32 valence electrons. The Kier molecular flexibility index (Phi) is 0.822. The molecule has 1 aliphatic rings. The number of nitrogens with zero attached hydrogens (tertiary/aromatic N) is 1. The Bertz CT molecular complexity index is 197. The van der Waals surface area contributed by atoms with Gasteiger partial charge in [0.15, 0.2) is 0 Å². The third-order valence-corrected chi connectivity index (χ3v) is 0.702. The molecular formula is C6H3N. The quantitative estimate of drug-likeness (QED) is 0.313. The van der Waals surface area contributed by atoms with Gasteiger partial charge in [0.1, 0.15) is 0 Å². The molecular weight excluding hydrogens is 86.1 g/mol. The van der Waals surface area contributed by atoms with Gasteiger partial charge in [-0.25, -0.2) is 4.85 Å². The van der Waals surface area contributed by atoms with Gasteiger partial charge in [0.25, 0.3) is 0 Å². The zero-order chi connectivity index (χ0) is 5.11. The Morgan fingerprint density at radius 2 is 2.57 bits per heavy atom. The minimum absolute atomic E-state index is 0.597. The standard InChI is InChI=1S/C6H3N/c1-7-6-4-2-3-5-6/h2-4H. The van der Waals surface area contributed by atoms with Crippen molar-refractivity contribution in [3.63, 3.8) is 0 Å². The first-order valence-electron chi connectivity index (χ1n) is 1.94. The first-order chi connectivity index (χ1) is 3.43. The maximum atomic E-state index is 6.45. The Morgan fingerprint density at radius 1 is 1.71 bits per heavy atom. The van der Waals surface area contributed by atoms with E-state index in [1.807, 2.05) is 0 Å². The highest BCUT2D eigenvalue weighted by molar-refractivity contribution is 5.32. The zero-order valence-electron chi connectivity index (χ0n) is 3.68. The highest BCUT2D eigenvalue weighted by atomic mass is 14.6. The van der Waals surface area contributed by atoms with Crippen LogP contribution in [0.5, 0.6) is 0 Å². The maximum absolute atomic E-state index is 6.45. The van der Waals surface area contributed by atoms with Crippen LogP contribution in [0.25, 0.3) is 4.85 Å². The fourth-order valence-electron chi connectivity index (χ4n) is 0.390. The van der Waals surface area contributed by atoms with E-state index in [0.29, 0.717) is 5.70 Å². The van der Waals surface area contributed by atoms with Crippen molar-refractivity contribution in [2.24, 2.45) is 0 Å². The van der Waals surface area contributed by atoms with Crippen molar-refractivity contribution in [3.05, 3.63) is 41.1 Å². The van der Waals surface area contributed by atoms with E-state index >= 15 is 0 Å². The first-order valence-corrected chi connectivity index (χ1v) is 1.94. The highest BCUT2D eigenvalue weighted by Gasteiger charge is 1.85. The summed E-state index contributed by atoms with van der Waals surface area (Å²) in [5, 5.41) is 0. The van der Waals surface area contributed by atoms with Crippen LogP contribution in [0.1, 0.15) is 0 Å². The Hall–Kier alpha value is -1.25. The summed E-state index contributed by atoms with van der Waals surface area (Å²) in [7, 11) is 0. The summed E-state index contributed by atoms with van der Waals surface area (Å²) < 4.78 is 0. The molecule has 7 heavy (non-hydrogen) atoms. The summed E-state index contributed by atoms with van der Waals surface area (Å²) in [5.74, 6) is 0. The summed E-state index contributed by atoms with van der Waals surface area (Å²) in [5.41, 5.74) is 3.33. The fourth-order valence-corrected chi connectivity index (χ4v) is 0.390. The number of allylic oxidation sites excluding steroid dienone is 2. The van der Waals surface area contributed by atoms with E-state index in [0.717, 1.165) is 0 Å². The summed E-state index contributed by atoms with van der Waals surface area (Å²) in [6.45, 7) is 6.45. The van der Waals surface area contributed by atoms with Crippen molar-refractivity contribution in [1.82, 2.24) is 0 Å². The van der Waals surface area contributed by atoms with Gasteiger partial charge in [-0.1, -0.05) is 6.08 Å². The average molecular weight is 89.1 g/mol. The van der Waals surface area contributed by atoms with Crippen molar-refractivity contribution in [3.8, 4) is 0 Å². The van der Waals surface area contributed by atoms with Crippen LogP contribution in [0.2, 0.25) is 0 Å². The van der Waals surface area contributed by atoms with Crippen LogP contribution in [0.4, 0.5) is 0 Å². The second-order valence-corrected chi connectivity index (χ2v) is 1.17. The van der Waals surface area contributed by atoms with Crippen LogP contribution in [-0.2, 0) is 0 Å². The molecule has 1 rings (SSSR count). The van der Waals surface area contributed by atoms with Crippen molar-refractivity contribution < 1.29 is 0 Å². The molecule has 0 bridgehead atoms. The van der Waals surface area contributed by atoms with Gasteiger partial charge in [-0.05, 0) is 12.2 Å². The van der Waals surface area contributed by atoms with Crippen LogP contribution < -0.4 is 0 Å². The molecule has 0 N–H and O–H groups in total. The SMILES string of the molecule is [C-]#[N+]C1=C=CC=C1. The molecule has 0 saturated carbocycles. The molecule has 0 fully saturated rings. The Balaban J connectivity index is 2.99. The predicted octanol–water partition coefficient (Wildman–Crippen LogP) is 1.51. The van der Waals surface area contributed by atoms with Crippen molar-refractivity contribution in [2.45, 2.75) is 0 Å². The zero-order valence-corrected chi connectivity index (χ0v) is 3.68. The molecule has 0 heterocycles. The van der Waals surface area contributed by atoms with Crippen LogP contribution in [0.15, 0.2) is 29.7 Å². The fraction of sp³-hybridized carbons (Fsp3) is 0. The van der Waals surface area contributed by atoms with Crippen LogP contribution >= 0.6 is 0 Å². The van der Waals surface area contributed by atoms with Crippen LogP contribution in [0, 0.1) is 6.57 Å². The lowest BCUT2D eigenvalue weighted by Gasteiger charge is -1.66. The monoisotopic (exact) mass is 89.0 g/mol. The number of hydrogen-bond donors (Lipinski definition) is 0. The third kappa shape index (κ3) is 0.598. The summed E-state index contributed by atoms with van der Waals surface area (Å²) in [6.07, 6.45) is 5.26. The van der Waals surface area contributed by atoms with E-state index in [9.17, 15) is 0 Å². The van der Waals surface area contributed by atoms with E-state index in [2.05, 4.69) is 10.6 Å². The molecule has 0 aromatic rings. The number of hydrogen-bond acceptors (Lipinski definition) is 0. The number of rotatable bonds is 0. The lowest BCUT2D eigenvalue weighted by atomic mass is 10.5.